The van der Waals surface area contributed by atoms with Crippen LogP contribution >= 0.6 is 0 Å². The van der Waals surface area contributed by atoms with Gasteiger partial charge in [-0.05, 0) is 25.2 Å². The first kappa shape index (κ1) is 11.0. The Morgan fingerprint density at radius 1 is 1.64 bits per heavy atom. The van der Waals surface area contributed by atoms with Crippen molar-refractivity contribution in [2.75, 3.05) is 0 Å². The molecule has 0 spiro atoms. The number of carbonyl (C=O) groups is 1. The van der Waals surface area contributed by atoms with E-state index in [0.717, 1.165) is 12.8 Å². The number of hydrogen-bond acceptors (Lipinski definition) is 2. The van der Waals surface area contributed by atoms with Crippen molar-refractivity contribution in [1.82, 2.24) is 5.32 Å². The number of nitrogens with one attached hydrogen (secondary N) is 1. The Labute approximate surface area is 85.5 Å². The van der Waals surface area contributed by atoms with Gasteiger partial charge in [0, 0.05) is 6.42 Å². The minimum Gasteiger partial charge on any atom is -0.340 e. The molecule has 0 aromatic carbocycles. The Bertz CT molecular complexity index is 228. The smallest absolute Gasteiger partial charge is 0.221 e. The molecule has 0 bridgehead atoms. The average molecular weight is 194 g/mol. The topological polar surface area (TPSA) is 52.9 Å². The van der Waals surface area contributed by atoms with E-state index in [9.17, 15) is 4.79 Å². The standard InChI is InChI=1S/C11H18N2O/c1-2-4-10(8-12)13-11(14)7-9-5-3-6-9/h9-10H,2-7H2,1H3,(H,13,14). The monoisotopic (exact) mass is 194 g/mol. The largest absolute Gasteiger partial charge is 0.340 e. The SMILES string of the molecule is CCCC(C#N)NC(=O)CC1CCC1. The maximum absolute atomic E-state index is 11.4. The maximum atomic E-state index is 11.4. The molecule has 1 aliphatic rings. The van der Waals surface area contributed by atoms with Gasteiger partial charge in [0.15, 0.2) is 0 Å². The highest BCUT2D eigenvalue weighted by atomic mass is 16.1. The van der Waals surface area contributed by atoms with Crippen LogP contribution in [0.2, 0.25) is 0 Å². The molecule has 0 radical (unpaired) electrons. The van der Waals surface area contributed by atoms with Gasteiger partial charge in [0.05, 0.1) is 6.07 Å². The third-order valence-corrected chi connectivity index (χ3v) is 2.77. The predicted molar refractivity (Wildman–Crippen MR) is 54.4 cm³/mol. The molecule has 0 aliphatic heterocycles. The summed E-state index contributed by atoms with van der Waals surface area (Å²) in [4.78, 5) is 11.4. The molecule has 3 heteroatoms. The van der Waals surface area contributed by atoms with Gasteiger partial charge in [-0.3, -0.25) is 4.79 Å². The van der Waals surface area contributed by atoms with Gasteiger partial charge in [-0.25, -0.2) is 0 Å². The summed E-state index contributed by atoms with van der Waals surface area (Å²) in [5, 5.41) is 11.5. The van der Waals surface area contributed by atoms with Crippen LogP contribution in [0, 0.1) is 17.2 Å². The first-order valence-corrected chi connectivity index (χ1v) is 5.45. The van der Waals surface area contributed by atoms with Crippen molar-refractivity contribution in [2.24, 2.45) is 5.92 Å². The van der Waals surface area contributed by atoms with E-state index in [4.69, 9.17) is 5.26 Å². The van der Waals surface area contributed by atoms with Crippen molar-refractivity contribution in [2.45, 2.75) is 51.5 Å². The minimum absolute atomic E-state index is 0.0506. The van der Waals surface area contributed by atoms with Crippen molar-refractivity contribution in [3.8, 4) is 6.07 Å². The zero-order valence-electron chi connectivity index (χ0n) is 8.75. The molecule has 0 aromatic rings. The summed E-state index contributed by atoms with van der Waals surface area (Å²) in [6.07, 6.45) is 5.92. The summed E-state index contributed by atoms with van der Waals surface area (Å²) in [6.45, 7) is 2.02. The Morgan fingerprint density at radius 2 is 2.36 bits per heavy atom. The fraction of sp³-hybridized carbons (Fsp3) is 0.818. The van der Waals surface area contributed by atoms with Crippen LogP contribution in [-0.2, 0) is 4.79 Å². The normalized spacial score (nSPS) is 18.0. The van der Waals surface area contributed by atoms with Crippen LogP contribution in [-0.4, -0.2) is 11.9 Å². The Hall–Kier alpha value is -1.04. The highest BCUT2D eigenvalue weighted by Gasteiger charge is 2.21. The van der Waals surface area contributed by atoms with Gasteiger partial charge in [0.25, 0.3) is 0 Å². The second kappa shape index (κ2) is 5.64. The van der Waals surface area contributed by atoms with Crippen molar-refractivity contribution in [3.05, 3.63) is 0 Å². The lowest BCUT2D eigenvalue weighted by atomic mass is 9.83. The van der Waals surface area contributed by atoms with Crippen LogP contribution in [0.1, 0.15) is 45.4 Å². The van der Waals surface area contributed by atoms with Gasteiger partial charge in [0.2, 0.25) is 5.91 Å². The molecule has 1 saturated carbocycles. The highest BCUT2D eigenvalue weighted by molar-refractivity contribution is 5.76. The molecule has 0 heterocycles. The molecule has 1 amide bonds. The zero-order valence-corrected chi connectivity index (χ0v) is 8.75. The summed E-state index contributed by atoms with van der Waals surface area (Å²) in [6, 6.07) is 1.83. The molecule has 0 aromatic heterocycles. The van der Waals surface area contributed by atoms with Crippen molar-refractivity contribution in [3.63, 3.8) is 0 Å². The highest BCUT2D eigenvalue weighted by Crippen LogP contribution is 2.29. The second-order valence-corrected chi connectivity index (χ2v) is 4.04. The van der Waals surface area contributed by atoms with Crippen LogP contribution in [0.5, 0.6) is 0 Å². The van der Waals surface area contributed by atoms with Crippen molar-refractivity contribution >= 4 is 5.91 Å². The fourth-order valence-electron chi connectivity index (χ4n) is 1.67. The van der Waals surface area contributed by atoms with Crippen molar-refractivity contribution < 1.29 is 4.79 Å². The van der Waals surface area contributed by atoms with Gasteiger partial charge in [-0.15, -0.1) is 0 Å². The molecule has 78 valence electrons. The summed E-state index contributed by atoms with van der Waals surface area (Å²) in [5.41, 5.74) is 0. The Balaban J connectivity index is 2.20. The fourth-order valence-corrected chi connectivity index (χ4v) is 1.67. The Kier molecular flexibility index (Phi) is 4.45. The maximum Gasteiger partial charge on any atom is 0.221 e. The molecule has 1 unspecified atom stereocenters. The second-order valence-electron chi connectivity index (χ2n) is 4.04. The number of hydrogen-bond donors (Lipinski definition) is 1. The molecule has 1 atom stereocenters. The molecule has 1 rings (SSSR count). The number of nitriles is 1. The van der Waals surface area contributed by atoms with Crippen LogP contribution in [0.25, 0.3) is 0 Å². The molecule has 1 fully saturated rings. The first-order valence-electron chi connectivity index (χ1n) is 5.45. The van der Waals surface area contributed by atoms with Crippen LogP contribution in [0.3, 0.4) is 0 Å². The molecule has 0 saturated heterocycles. The van der Waals surface area contributed by atoms with Gasteiger partial charge < -0.3 is 5.32 Å². The molecule has 1 N–H and O–H groups in total. The van der Waals surface area contributed by atoms with E-state index in [0.29, 0.717) is 12.3 Å². The van der Waals surface area contributed by atoms with E-state index in [1.54, 1.807) is 0 Å². The van der Waals surface area contributed by atoms with E-state index >= 15 is 0 Å². The number of nitrogens with zero attached hydrogens (tertiary/aromatic N) is 1. The molecule has 14 heavy (non-hydrogen) atoms. The molecule has 3 nitrogen and oxygen atoms in total. The summed E-state index contributed by atoms with van der Waals surface area (Å²) in [5.74, 6) is 0.630. The third-order valence-electron chi connectivity index (χ3n) is 2.77. The molecular weight excluding hydrogens is 176 g/mol. The van der Waals surface area contributed by atoms with Gasteiger partial charge in [0.1, 0.15) is 6.04 Å². The lowest BCUT2D eigenvalue weighted by Crippen LogP contribution is -2.35. The quantitative estimate of drug-likeness (QED) is 0.727. The van der Waals surface area contributed by atoms with Gasteiger partial charge >= 0.3 is 0 Å². The summed E-state index contributed by atoms with van der Waals surface area (Å²) in [7, 11) is 0. The Morgan fingerprint density at radius 3 is 2.79 bits per heavy atom. The van der Waals surface area contributed by atoms with Crippen LogP contribution in [0.15, 0.2) is 0 Å². The van der Waals surface area contributed by atoms with Crippen molar-refractivity contribution in [1.29, 1.82) is 5.26 Å². The summed E-state index contributed by atoms with van der Waals surface area (Å²) >= 11 is 0. The van der Waals surface area contributed by atoms with Crippen LogP contribution in [0.4, 0.5) is 0 Å². The van der Waals surface area contributed by atoms with E-state index in [1.165, 1.54) is 19.3 Å². The van der Waals surface area contributed by atoms with Gasteiger partial charge in [-0.2, -0.15) is 5.26 Å². The zero-order chi connectivity index (χ0) is 10.4. The lowest BCUT2D eigenvalue weighted by molar-refractivity contribution is -0.123. The number of carbonyl (C=O) groups excluding carboxylic acids is 1. The average Bonchev–Trinajstić information content (AvgIpc) is 2.11. The number of amides is 1. The van der Waals surface area contributed by atoms with Gasteiger partial charge in [-0.1, -0.05) is 19.8 Å². The molecule has 1 aliphatic carbocycles. The lowest BCUT2D eigenvalue weighted by Gasteiger charge is -2.24. The van der Waals surface area contributed by atoms with Crippen LogP contribution < -0.4 is 5.32 Å². The predicted octanol–water partition coefficient (Wildman–Crippen LogP) is 1.99. The van der Waals surface area contributed by atoms with E-state index in [-0.39, 0.29) is 11.9 Å². The minimum atomic E-state index is -0.285. The first-order chi connectivity index (χ1) is 6.76. The number of rotatable bonds is 5. The molecular formula is C11H18N2O. The van der Waals surface area contributed by atoms with E-state index in [2.05, 4.69) is 11.4 Å². The summed E-state index contributed by atoms with van der Waals surface area (Å²) < 4.78 is 0. The third kappa shape index (κ3) is 3.37. The van der Waals surface area contributed by atoms with E-state index in [1.807, 2.05) is 6.92 Å². The van der Waals surface area contributed by atoms with E-state index < -0.39 is 0 Å².